The summed E-state index contributed by atoms with van der Waals surface area (Å²) < 4.78 is 29.9. The van der Waals surface area contributed by atoms with E-state index in [1.807, 2.05) is 0 Å². The summed E-state index contributed by atoms with van der Waals surface area (Å²) in [7, 11) is -1.37. The Morgan fingerprint density at radius 1 is 1.24 bits per heavy atom. The number of carbonyl (C=O) groups excluding carboxylic acids is 2. The van der Waals surface area contributed by atoms with Gasteiger partial charge in [-0.15, -0.1) is 0 Å². The third-order valence-corrected chi connectivity index (χ3v) is 4.52. The van der Waals surface area contributed by atoms with E-state index in [2.05, 4.69) is 5.32 Å². The van der Waals surface area contributed by atoms with Gasteiger partial charge in [0.2, 0.25) is 0 Å². The molecule has 0 aliphatic heterocycles. The number of esters is 1. The highest BCUT2D eigenvalue weighted by Gasteiger charge is 2.22. The number of hydrogen-bond donors (Lipinski definition) is 1. The summed E-state index contributed by atoms with van der Waals surface area (Å²) in [4.78, 5) is 24.7. The molecule has 2 aromatic rings. The van der Waals surface area contributed by atoms with Crippen molar-refractivity contribution in [2.24, 2.45) is 0 Å². The number of nitrogens with one attached hydrogen (secondary N) is 1. The van der Waals surface area contributed by atoms with Gasteiger partial charge in [-0.05, 0) is 37.3 Å². The first-order chi connectivity index (χ1) is 11.8. The van der Waals surface area contributed by atoms with Crippen LogP contribution in [0.25, 0.3) is 0 Å². The van der Waals surface area contributed by atoms with E-state index in [0.717, 1.165) is 6.07 Å². The van der Waals surface area contributed by atoms with Crippen LogP contribution in [0.5, 0.6) is 0 Å². The smallest absolute Gasteiger partial charge is 0.340 e. The van der Waals surface area contributed by atoms with Crippen molar-refractivity contribution in [3.8, 4) is 0 Å². The molecule has 2 rings (SSSR count). The summed E-state index contributed by atoms with van der Waals surface area (Å²) in [6.07, 6.45) is 0.329. The van der Waals surface area contributed by atoms with Crippen molar-refractivity contribution in [1.29, 1.82) is 0 Å². The lowest BCUT2D eigenvalue weighted by atomic mass is 10.2. The third-order valence-electron chi connectivity index (χ3n) is 3.26. The molecular weight excluding hydrogens is 369 g/mol. The van der Waals surface area contributed by atoms with Crippen LogP contribution in [0.2, 0.25) is 5.02 Å². The van der Waals surface area contributed by atoms with E-state index in [1.165, 1.54) is 31.4 Å². The Morgan fingerprint density at radius 3 is 2.56 bits per heavy atom. The van der Waals surface area contributed by atoms with Crippen molar-refractivity contribution in [3.05, 3.63) is 58.9 Å². The van der Waals surface area contributed by atoms with Crippen LogP contribution in [0.1, 0.15) is 17.3 Å². The van der Waals surface area contributed by atoms with Gasteiger partial charge in [-0.1, -0.05) is 23.7 Å². The molecule has 1 N–H and O–H groups in total. The van der Waals surface area contributed by atoms with Crippen LogP contribution in [0, 0.1) is 5.82 Å². The normalized spacial score (nSPS) is 13.0. The minimum absolute atomic E-state index is 0.132. The first-order valence-electron chi connectivity index (χ1n) is 7.19. The lowest BCUT2D eigenvalue weighted by Gasteiger charge is -2.14. The van der Waals surface area contributed by atoms with E-state index in [-0.39, 0.29) is 16.3 Å². The fraction of sp³-hybridized carbons (Fsp3) is 0.176. The lowest BCUT2D eigenvalue weighted by Crippen LogP contribution is -2.30. The zero-order valence-electron chi connectivity index (χ0n) is 13.4. The molecule has 0 saturated carbocycles. The average Bonchev–Trinajstić information content (AvgIpc) is 2.58. The first kappa shape index (κ1) is 19.1. The second-order valence-corrected chi connectivity index (χ2v) is 6.87. The van der Waals surface area contributed by atoms with Crippen LogP contribution < -0.4 is 5.32 Å². The predicted octanol–water partition coefficient (Wildman–Crippen LogP) is 3.40. The highest BCUT2D eigenvalue weighted by molar-refractivity contribution is 7.84. The molecule has 0 radical (unpaired) electrons. The first-order valence-corrected chi connectivity index (χ1v) is 9.12. The molecule has 8 heteroatoms. The van der Waals surface area contributed by atoms with Gasteiger partial charge >= 0.3 is 5.97 Å². The molecule has 0 fully saturated rings. The Labute approximate surface area is 151 Å². The fourth-order valence-electron chi connectivity index (χ4n) is 1.98. The zero-order valence-corrected chi connectivity index (χ0v) is 15.0. The van der Waals surface area contributed by atoms with Crippen molar-refractivity contribution >= 4 is 40.0 Å². The largest absolute Gasteiger partial charge is 0.449 e. The van der Waals surface area contributed by atoms with Gasteiger partial charge in [0.15, 0.2) is 6.10 Å². The zero-order chi connectivity index (χ0) is 18.6. The van der Waals surface area contributed by atoms with Gasteiger partial charge in [-0.2, -0.15) is 0 Å². The number of hydrogen-bond acceptors (Lipinski definition) is 4. The van der Waals surface area contributed by atoms with E-state index in [0.29, 0.717) is 4.90 Å². The number of halogens is 2. The van der Waals surface area contributed by atoms with Crippen molar-refractivity contribution in [3.63, 3.8) is 0 Å². The highest BCUT2D eigenvalue weighted by atomic mass is 35.5. The molecule has 0 unspecified atom stereocenters. The molecule has 2 aromatic carbocycles. The molecule has 5 nitrogen and oxygen atoms in total. The molecule has 1 amide bonds. The third kappa shape index (κ3) is 4.87. The van der Waals surface area contributed by atoms with Crippen LogP contribution in [-0.2, 0) is 20.3 Å². The minimum atomic E-state index is -1.37. The number of anilines is 1. The van der Waals surface area contributed by atoms with E-state index in [9.17, 15) is 18.2 Å². The molecule has 25 heavy (non-hydrogen) atoms. The Morgan fingerprint density at radius 2 is 1.92 bits per heavy atom. The number of amides is 1. The van der Waals surface area contributed by atoms with E-state index in [1.54, 1.807) is 18.2 Å². The molecule has 0 heterocycles. The van der Waals surface area contributed by atoms with Gasteiger partial charge in [0, 0.05) is 11.9 Å². The minimum Gasteiger partial charge on any atom is -0.449 e. The summed E-state index contributed by atoms with van der Waals surface area (Å²) in [5.74, 6) is -1.97. The van der Waals surface area contributed by atoms with Gasteiger partial charge in [0.1, 0.15) is 5.82 Å². The second kappa shape index (κ2) is 8.22. The Hall–Kier alpha value is -2.25. The Bertz CT molecular complexity index is 843. The van der Waals surface area contributed by atoms with E-state index >= 15 is 0 Å². The number of benzene rings is 2. The summed E-state index contributed by atoms with van der Waals surface area (Å²) >= 11 is 5.65. The van der Waals surface area contributed by atoms with Gasteiger partial charge in [0.05, 0.1) is 26.3 Å². The molecule has 0 aliphatic rings. The van der Waals surface area contributed by atoms with Gasteiger partial charge in [-0.25, -0.2) is 9.18 Å². The Kier molecular flexibility index (Phi) is 6.27. The number of carbonyl (C=O) groups is 2. The fourth-order valence-corrected chi connectivity index (χ4v) is 2.89. The summed E-state index contributed by atoms with van der Waals surface area (Å²) in [6.45, 7) is 1.39. The quantitative estimate of drug-likeness (QED) is 0.803. The van der Waals surface area contributed by atoms with Crippen LogP contribution in [0.4, 0.5) is 10.1 Å². The summed E-state index contributed by atoms with van der Waals surface area (Å²) in [5, 5.41) is 2.34. The van der Waals surface area contributed by atoms with Crippen LogP contribution in [0.15, 0.2) is 47.4 Å². The lowest BCUT2D eigenvalue weighted by molar-refractivity contribution is -0.123. The average molecular weight is 384 g/mol. The van der Waals surface area contributed by atoms with Crippen LogP contribution in [-0.4, -0.2) is 28.4 Å². The number of rotatable bonds is 5. The van der Waals surface area contributed by atoms with Crippen LogP contribution >= 0.6 is 11.6 Å². The molecule has 0 aromatic heterocycles. The van der Waals surface area contributed by atoms with E-state index < -0.39 is 34.6 Å². The SMILES string of the molecule is C[C@@H](OC(=O)c1ccccc1[S@](C)=O)C(=O)Nc1ccc(F)c(Cl)c1. The monoisotopic (exact) mass is 383 g/mol. The van der Waals surface area contributed by atoms with Crippen molar-refractivity contribution < 1.29 is 22.9 Å². The van der Waals surface area contributed by atoms with Gasteiger partial charge in [-0.3, -0.25) is 9.00 Å². The molecular formula is C17H15ClFNO4S. The molecule has 0 spiro atoms. The maximum atomic E-state index is 13.1. The summed E-state index contributed by atoms with van der Waals surface area (Å²) in [6, 6.07) is 9.99. The predicted molar refractivity (Wildman–Crippen MR) is 93.7 cm³/mol. The molecule has 0 aliphatic carbocycles. The standard InChI is InChI=1S/C17H15ClFNO4S/c1-10(16(21)20-11-7-8-14(19)13(18)9-11)24-17(22)12-5-3-4-6-15(12)25(2)23/h3-10H,1-2H3,(H,20,21)/t10-,25+/m1/s1. The van der Waals surface area contributed by atoms with Gasteiger partial charge < -0.3 is 10.1 Å². The second-order valence-electron chi connectivity index (χ2n) is 5.12. The Balaban J connectivity index is 2.07. The molecule has 2 atom stereocenters. The molecule has 0 saturated heterocycles. The molecule has 132 valence electrons. The maximum absolute atomic E-state index is 13.1. The summed E-state index contributed by atoms with van der Waals surface area (Å²) in [5.41, 5.74) is 0.405. The topological polar surface area (TPSA) is 72.5 Å². The number of ether oxygens (including phenoxy) is 1. The van der Waals surface area contributed by atoms with Crippen molar-refractivity contribution in [2.75, 3.05) is 11.6 Å². The molecule has 0 bridgehead atoms. The maximum Gasteiger partial charge on any atom is 0.340 e. The van der Waals surface area contributed by atoms with Crippen molar-refractivity contribution in [1.82, 2.24) is 0 Å². The highest BCUT2D eigenvalue weighted by Crippen LogP contribution is 2.20. The van der Waals surface area contributed by atoms with Gasteiger partial charge in [0.25, 0.3) is 5.91 Å². The van der Waals surface area contributed by atoms with Crippen LogP contribution in [0.3, 0.4) is 0 Å². The van der Waals surface area contributed by atoms with E-state index in [4.69, 9.17) is 16.3 Å². The van der Waals surface area contributed by atoms with Crippen molar-refractivity contribution in [2.45, 2.75) is 17.9 Å².